The summed E-state index contributed by atoms with van der Waals surface area (Å²) in [6, 6.07) is 12.5. The minimum atomic E-state index is 0. The molecule has 1 aromatic carbocycles. The van der Waals surface area contributed by atoms with Crippen LogP contribution in [0.4, 0.5) is 0 Å². The van der Waals surface area contributed by atoms with Crippen LogP contribution in [0.3, 0.4) is 0 Å². The minimum Gasteiger partial charge on any atom is -0.542 e. The van der Waals surface area contributed by atoms with Crippen molar-refractivity contribution < 1.29 is 25.9 Å². The summed E-state index contributed by atoms with van der Waals surface area (Å²) >= 11 is 0. The van der Waals surface area contributed by atoms with Gasteiger partial charge in [-0.25, -0.2) is 0 Å². The molecule has 0 spiro atoms. The second-order valence-corrected chi connectivity index (χ2v) is 1.28. The van der Waals surface area contributed by atoms with Gasteiger partial charge < -0.3 is 4.79 Å². The van der Waals surface area contributed by atoms with Crippen molar-refractivity contribution in [1.29, 1.82) is 0 Å². The minimum absolute atomic E-state index is 0. The molecule has 12 heavy (non-hydrogen) atoms. The first-order valence-corrected chi connectivity index (χ1v) is 3.61. The molecule has 0 aliphatic heterocycles. The van der Waals surface area contributed by atoms with E-state index in [4.69, 9.17) is 4.79 Å². The molecule has 0 aliphatic carbocycles. The van der Waals surface area contributed by atoms with Crippen molar-refractivity contribution in [3.8, 4) is 0 Å². The van der Waals surface area contributed by atoms with Crippen molar-refractivity contribution in [2.75, 3.05) is 0 Å². The molecule has 1 rings (SSSR count). The van der Waals surface area contributed by atoms with Gasteiger partial charge in [0.15, 0.2) is 0 Å². The first-order chi connectivity index (χ1) is 5.41. The third-order valence-corrected chi connectivity index (χ3v) is 0.607. The van der Waals surface area contributed by atoms with Gasteiger partial charge in [0.1, 0.15) is 0 Å². The fourth-order valence-corrected chi connectivity index (χ4v) is 0.342. The molecule has 1 aromatic rings. The monoisotopic (exact) mass is 334 g/mol. The van der Waals surface area contributed by atoms with Crippen LogP contribution in [0.1, 0.15) is 20.8 Å². The number of hydrogen-bond donors (Lipinski definition) is 0. The van der Waals surface area contributed by atoms with E-state index in [0.29, 0.717) is 0 Å². The molecule has 66 valence electrons. The zero-order valence-corrected chi connectivity index (χ0v) is 10.6. The molecule has 0 amide bonds. The van der Waals surface area contributed by atoms with Crippen LogP contribution in [0.25, 0.3) is 0 Å². The Morgan fingerprint density at radius 2 is 1.42 bits per heavy atom. The molecule has 0 saturated heterocycles. The summed E-state index contributed by atoms with van der Waals surface area (Å²) in [4.78, 5) is 8.68. The van der Waals surface area contributed by atoms with Gasteiger partial charge in [-0.3, -0.25) is 6.29 Å². The van der Waals surface area contributed by atoms with Gasteiger partial charge in [0, 0.05) is 0 Å². The average Bonchev–Trinajstić information content (AvgIpc) is 2.12. The summed E-state index contributed by atoms with van der Waals surface area (Å²) in [6.07, 6.45) is 1.50. The molecular weight excluding hydrogens is 320 g/mol. The third kappa shape index (κ3) is 22.7. The van der Waals surface area contributed by atoms with E-state index in [9.17, 15) is 0 Å². The van der Waals surface area contributed by atoms with E-state index in [1.807, 2.05) is 44.2 Å². The molecule has 0 radical (unpaired) electrons. The molecule has 2 heteroatoms. The van der Waals surface area contributed by atoms with Gasteiger partial charge in [-0.15, -0.1) is 0 Å². The van der Waals surface area contributed by atoms with E-state index >= 15 is 0 Å². The first kappa shape index (κ1) is 17.6. The van der Waals surface area contributed by atoms with Crippen LogP contribution in [0.2, 0.25) is 0 Å². The topological polar surface area (TPSA) is 17.1 Å². The van der Waals surface area contributed by atoms with Crippen LogP contribution in [0.15, 0.2) is 30.3 Å². The summed E-state index contributed by atoms with van der Waals surface area (Å²) in [6.45, 7) is 5.32. The number of rotatable bonds is 0. The normalized spacial score (nSPS) is 5.58. The van der Waals surface area contributed by atoms with Crippen LogP contribution < -0.4 is 0 Å². The molecular formula is C10H14OW. The number of carbonyl (C=O) groups excluding carboxylic acids is 1. The molecule has 1 nitrogen and oxygen atoms in total. The van der Waals surface area contributed by atoms with Crippen LogP contribution in [0, 0.1) is 6.07 Å². The van der Waals surface area contributed by atoms with Gasteiger partial charge in [0.2, 0.25) is 0 Å². The standard InChI is InChI=1S/C6H5.C2H3O.C2H6.W/c1-2-4-6-5-3-1;1-2-3;1-2;/h1-5H;1H3;1-2H3;/q2*-1;;+2. The van der Waals surface area contributed by atoms with E-state index < -0.39 is 0 Å². The van der Waals surface area contributed by atoms with Gasteiger partial charge >= 0.3 is 21.1 Å². The van der Waals surface area contributed by atoms with Crippen molar-refractivity contribution in [3.05, 3.63) is 36.4 Å². The van der Waals surface area contributed by atoms with Gasteiger partial charge in [-0.2, -0.15) is 43.3 Å². The Hall–Kier alpha value is -0.422. The predicted molar refractivity (Wildman–Crippen MR) is 48.0 cm³/mol. The predicted octanol–water partition coefficient (Wildman–Crippen LogP) is 2.63. The second-order valence-electron chi connectivity index (χ2n) is 1.28. The van der Waals surface area contributed by atoms with E-state index in [-0.39, 0.29) is 21.1 Å². The fourth-order valence-electron chi connectivity index (χ4n) is 0.342. The zero-order valence-electron chi connectivity index (χ0n) is 7.70. The number of benzene rings is 1. The van der Waals surface area contributed by atoms with Crippen molar-refractivity contribution in [2.24, 2.45) is 0 Å². The van der Waals surface area contributed by atoms with Crippen LogP contribution in [0.5, 0.6) is 0 Å². The maximum Gasteiger partial charge on any atom is 2.00 e. The van der Waals surface area contributed by atoms with Gasteiger partial charge in [0.25, 0.3) is 0 Å². The maximum absolute atomic E-state index is 8.68. The summed E-state index contributed by atoms with van der Waals surface area (Å²) in [5.41, 5.74) is 0. The van der Waals surface area contributed by atoms with E-state index in [1.54, 1.807) is 0 Å². The molecule has 0 aliphatic rings. The Labute approximate surface area is 89.5 Å². The van der Waals surface area contributed by atoms with Crippen LogP contribution in [-0.2, 0) is 25.9 Å². The van der Waals surface area contributed by atoms with Gasteiger partial charge in [-0.1, -0.05) is 13.8 Å². The molecule has 0 fully saturated rings. The van der Waals surface area contributed by atoms with Crippen molar-refractivity contribution in [1.82, 2.24) is 0 Å². The molecule has 0 saturated carbocycles. The van der Waals surface area contributed by atoms with Crippen molar-refractivity contribution in [3.63, 3.8) is 0 Å². The largest absolute Gasteiger partial charge is 2.00 e. The Morgan fingerprint density at radius 1 is 1.08 bits per heavy atom. The van der Waals surface area contributed by atoms with Crippen molar-refractivity contribution in [2.45, 2.75) is 20.8 Å². The van der Waals surface area contributed by atoms with Crippen LogP contribution in [-0.4, -0.2) is 6.29 Å². The molecule has 0 heterocycles. The second kappa shape index (κ2) is 22.4. The SMILES string of the molecule is CC.C[C-]=O.[W+2].[c-]1ccccc1. The molecule has 0 unspecified atom stereocenters. The summed E-state index contributed by atoms with van der Waals surface area (Å²) in [7, 11) is 0. The zero-order chi connectivity index (χ0) is 8.95. The smallest absolute Gasteiger partial charge is 0.542 e. The molecule has 0 atom stereocenters. The Bertz CT molecular complexity index is 113. The Morgan fingerprint density at radius 3 is 1.50 bits per heavy atom. The summed E-state index contributed by atoms with van der Waals surface area (Å²) in [5.74, 6) is 0. The summed E-state index contributed by atoms with van der Waals surface area (Å²) in [5, 5.41) is 0. The molecule has 0 bridgehead atoms. The molecule has 0 N–H and O–H groups in total. The van der Waals surface area contributed by atoms with Crippen LogP contribution >= 0.6 is 0 Å². The van der Waals surface area contributed by atoms with Gasteiger partial charge in [-0.05, 0) is 0 Å². The van der Waals surface area contributed by atoms with E-state index in [0.717, 1.165) is 0 Å². The summed E-state index contributed by atoms with van der Waals surface area (Å²) < 4.78 is 0. The Kier molecular flexibility index (Phi) is 32.9. The maximum atomic E-state index is 8.68. The van der Waals surface area contributed by atoms with E-state index in [1.165, 1.54) is 13.2 Å². The fraction of sp³-hybridized carbons (Fsp3) is 0.300. The third-order valence-electron chi connectivity index (χ3n) is 0.607. The quantitative estimate of drug-likeness (QED) is 0.667. The van der Waals surface area contributed by atoms with Crippen molar-refractivity contribution >= 4 is 6.29 Å². The first-order valence-electron chi connectivity index (χ1n) is 3.61. The average molecular weight is 334 g/mol. The number of hydrogen-bond acceptors (Lipinski definition) is 1. The van der Waals surface area contributed by atoms with E-state index in [2.05, 4.69) is 6.07 Å². The Balaban J connectivity index is -0.000000119. The van der Waals surface area contributed by atoms with Gasteiger partial charge in [0.05, 0.1) is 0 Å². The molecule has 0 aromatic heterocycles.